The maximum absolute atomic E-state index is 13.3. The molecule has 3 aromatic rings. The van der Waals surface area contributed by atoms with E-state index in [9.17, 15) is 14.0 Å². The van der Waals surface area contributed by atoms with Gasteiger partial charge in [-0.15, -0.1) is 0 Å². The van der Waals surface area contributed by atoms with Crippen molar-refractivity contribution in [3.63, 3.8) is 0 Å². The molecule has 1 aliphatic carbocycles. The Morgan fingerprint density at radius 1 is 1.19 bits per heavy atom. The summed E-state index contributed by atoms with van der Waals surface area (Å²) < 4.78 is 24.0. The quantitative estimate of drug-likeness (QED) is 0.519. The summed E-state index contributed by atoms with van der Waals surface area (Å²) in [6.45, 7) is 3.90. The number of esters is 1. The minimum atomic E-state index is -0.653. The Balaban J connectivity index is 1.56. The number of amides is 1. The summed E-state index contributed by atoms with van der Waals surface area (Å²) in [6, 6.07) is 7.52. The number of hydrogen-bond acceptors (Lipinski definition) is 6. The maximum Gasteiger partial charge on any atom is 0.339 e. The van der Waals surface area contributed by atoms with E-state index in [1.54, 1.807) is 25.1 Å². The van der Waals surface area contributed by atoms with E-state index in [1.807, 2.05) is 11.8 Å². The molecule has 0 atom stereocenters. The molecule has 1 aromatic carbocycles. The van der Waals surface area contributed by atoms with E-state index >= 15 is 0 Å². The second-order valence-electron chi connectivity index (χ2n) is 8.06. The van der Waals surface area contributed by atoms with Crippen molar-refractivity contribution in [1.29, 1.82) is 0 Å². The predicted molar refractivity (Wildman–Crippen MR) is 116 cm³/mol. The van der Waals surface area contributed by atoms with Crippen molar-refractivity contribution >= 4 is 23.0 Å². The Bertz CT molecular complexity index is 1120. The second kappa shape index (κ2) is 9.46. The number of ether oxygens (including phenoxy) is 1. The molecule has 8 heteroatoms. The van der Waals surface area contributed by atoms with Gasteiger partial charge >= 0.3 is 5.97 Å². The van der Waals surface area contributed by atoms with Gasteiger partial charge in [0.2, 0.25) is 0 Å². The fourth-order valence-corrected chi connectivity index (χ4v) is 4.34. The van der Waals surface area contributed by atoms with Crippen LogP contribution in [0.3, 0.4) is 0 Å². The summed E-state index contributed by atoms with van der Waals surface area (Å²) in [7, 11) is 0. The summed E-state index contributed by atoms with van der Waals surface area (Å²) in [6.07, 6.45) is 5.40. The monoisotopic (exact) mass is 439 g/mol. The molecule has 0 aliphatic heterocycles. The number of likely N-dealkylation sites (N-methyl/N-ethyl adjacent to an activating group) is 1. The van der Waals surface area contributed by atoms with E-state index in [0.717, 1.165) is 25.7 Å². The van der Waals surface area contributed by atoms with Crippen LogP contribution in [0, 0.1) is 12.7 Å². The van der Waals surface area contributed by atoms with Gasteiger partial charge < -0.3 is 14.2 Å². The number of hydrogen-bond donors (Lipinski definition) is 0. The molecule has 0 bridgehead atoms. The smallest absolute Gasteiger partial charge is 0.339 e. The number of carbonyl (C=O) groups excluding carboxylic acids is 2. The molecule has 2 aromatic heterocycles. The second-order valence-corrected chi connectivity index (χ2v) is 8.06. The SMILES string of the molecule is CCN(C(=O)COC(=O)c1cc(-c2ccc(F)cc2)nc2onc(C)c12)C1CCCCC1. The van der Waals surface area contributed by atoms with Gasteiger partial charge in [0, 0.05) is 18.2 Å². The normalized spacial score (nSPS) is 14.5. The molecule has 0 spiro atoms. The van der Waals surface area contributed by atoms with Crippen molar-refractivity contribution in [2.45, 2.75) is 52.0 Å². The summed E-state index contributed by atoms with van der Waals surface area (Å²) in [5.41, 5.74) is 1.92. The third-order valence-electron chi connectivity index (χ3n) is 5.98. The fourth-order valence-electron chi connectivity index (χ4n) is 4.34. The van der Waals surface area contributed by atoms with Crippen LogP contribution in [0.2, 0.25) is 0 Å². The molecule has 0 N–H and O–H groups in total. The van der Waals surface area contributed by atoms with Crippen LogP contribution in [-0.2, 0) is 9.53 Å². The number of carbonyl (C=O) groups is 2. The summed E-state index contributed by atoms with van der Waals surface area (Å²) >= 11 is 0. The third kappa shape index (κ3) is 4.49. The summed E-state index contributed by atoms with van der Waals surface area (Å²) in [4.78, 5) is 32.0. The lowest BCUT2D eigenvalue weighted by Gasteiger charge is -2.33. The van der Waals surface area contributed by atoms with Crippen LogP contribution in [0.25, 0.3) is 22.4 Å². The van der Waals surface area contributed by atoms with E-state index in [-0.39, 0.29) is 35.7 Å². The maximum atomic E-state index is 13.3. The number of benzene rings is 1. The average molecular weight is 439 g/mol. The van der Waals surface area contributed by atoms with Gasteiger partial charge in [-0.2, -0.15) is 0 Å². The first-order chi connectivity index (χ1) is 15.5. The fraction of sp³-hybridized carbons (Fsp3) is 0.417. The number of pyridine rings is 1. The molecule has 2 heterocycles. The first-order valence-corrected chi connectivity index (χ1v) is 11.0. The van der Waals surface area contributed by atoms with Gasteiger partial charge in [0.05, 0.1) is 22.3 Å². The largest absolute Gasteiger partial charge is 0.452 e. The van der Waals surface area contributed by atoms with Crippen molar-refractivity contribution in [3.05, 3.63) is 47.4 Å². The number of nitrogens with zero attached hydrogens (tertiary/aromatic N) is 3. The van der Waals surface area contributed by atoms with Gasteiger partial charge in [-0.3, -0.25) is 4.79 Å². The lowest BCUT2D eigenvalue weighted by Crippen LogP contribution is -2.43. The number of halogens is 1. The van der Waals surface area contributed by atoms with Crippen LogP contribution >= 0.6 is 0 Å². The Morgan fingerprint density at radius 2 is 1.91 bits per heavy atom. The molecular weight excluding hydrogens is 413 g/mol. The highest BCUT2D eigenvalue weighted by Gasteiger charge is 2.26. The van der Waals surface area contributed by atoms with Gasteiger partial charge in [-0.1, -0.05) is 24.4 Å². The molecule has 0 radical (unpaired) electrons. The highest BCUT2D eigenvalue weighted by Crippen LogP contribution is 2.28. The molecule has 0 unspecified atom stereocenters. The lowest BCUT2D eigenvalue weighted by atomic mass is 9.94. The van der Waals surface area contributed by atoms with E-state index in [0.29, 0.717) is 28.9 Å². The molecule has 1 amide bonds. The molecule has 7 nitrogen and oxygen atoms in total. The van der Waals surface area contributed by atoms with Gasteiger partial charge in [0.1, 0.15) is 5.82 Å². The molecular formula is C24H26FN3O4. The van der Waals surface area contributed by atoms with Gasteiger partial charge in [-0.05, 0) is 57.0 Å². The van der Waals surface area contributed by atoms with Crippen molar-refractivity contribution in [2.75, 3.05) is 13.2 Å². The first kappa shape index (κ1) is 21.9. The van der Waals surface area contributed by atoms with Crippen LogP contribution in [-0.4, -0.2) is 46.1 Å². The summed E-state index contributed by atoms with van der Waals surface area (Å²) in [5.74, 6) is -1.22. The van der Waals surface area contributed by atoms with Gasteiger partial charge in [0.25, 0.3) is 11.6 Å². The molecule has 1 fully saturated rings. The standard InChI is InChI=1S/C24H26FN3O4/c1-3-28(18-7-5-4-6-8-18)21(29)14-31-24(30)19-13-20(16-9-11-17(25)12-10-16)26-23-22(19)15(2)27-32-23/h9-13,18H,3-8,14H2,1-2H3. The molecule has 4 rings (SSSR count). The summed E-state index contributed by atoms with van der Waals surface area (Å²) in [5, 5.41) is 4.34. The van der Waals surface area contributed by atoms with E-state index in [1.165, 1.54) is 18.6 Å². The van der Waals surface area contributed by atoms with Crippen molar-refractivity contribution < 1.29 is 23.2 Å². The highest BCUT2D eigenvalue weighted by atomic mass is 19.1. The van der Waals surface area contributed by atoms with Crippen molar-refractivity contribution in [2.24, 2.45) is 0 Å². The zero-order valence-electron chi connectivity index (χ0n) is 18.3. The topological polar surface area (TPSA) is 85.5 Å². The Morgan fingerprint density at radius 3 is 2.59 bits per heavy atom. The molecule has 1 aliphatic rings. The zero-order chi connectivity index (χ0) is 22.7. The van der Waals surface area contributed by atoms with E-state index < -0.39 is 5.97 Å². The Kier molecular flexibility index (Phi) is 6.48. The molecule has 168 valence electrons. The van der Waals surface area contributed by atoms with Crippen LogP contribution in [0.1, 0.15) is 55.1 Å². The number of aryl methyl sites for hydroxylation is 1. The number of aromatic nitrogens is 2. The zero-order valence-corrected chi connectivity index (χ0v) is 18.3. The third-order valence-corrected chi connectivity index (χ3v) is 5.98. The van der Waals surface area contributed by atoms with Gasteiger partial charge in [-0.25, -0.2) is 14.2 Å². The van der Waals surface area contributed by atoms with Crippen molar-refractivity contribution in [3.8, 4) is 11.3 Å². The minimum Gasteiger partial charge on any atom is -0.452 e. The Hall–Kier alpha value is -3.29. The van der Waals surface area contributed by atoms with Crippen molar-refractivity contribution in [1.82, 2.24) is 15.0 Å². The van der Waals surface area contributed by atoms with Crippen LogP contribution in [0.5, 0.6) is 0 Å². The molecule has 0 saturated heterocycles. The van der Waals surface area contributed by atoms with Crippen LogP contribution in [0.15, 0.2) is 34.9 Å². The van der Waals surface area contributed by atoms with Gasteiger partial charge in [0.15, 0.2) is 6.61 Å². The molecule has 1 saturated carbocycles. The molecule has 32 heavy (non-hydrogen) atoms. The minimum absolute atomic E-state index is 0.181. The van der Waals surface area contributed by atoms with Crippen LogP contribution in [0.4, 0.5) is 4.39 Å². The average Bonchev–Trinajstić information content (AvgIpc) is 3.19. The number of rotatable bonds is 6. The van der Waals surface area contributed by atoms with E-state index in [2.05, 4.69) is 10.1 Å². The lowest BCUT2D eigenvalue weighted by molar-refractivity contribution is -0.137. The predicted octanol–water partition coefficient (Wildman–Crippen LogP) is 4.68. The number of fused-ring (bicyclic) bond motifs is 1. The first-order valence-electron chi connectivity index (χ1n) is 11.0. The Labute approximate surface area is 185 Å². The van der Waals surface area contributed by atoms with Crippen LogP contribution < -0.4 is 0 Å². The highest BCUT2D eigenvalue weighted by molar-refractivity contribution is 6.04. The van der Waals surface area contributed by atoms with E-state index in [4.69, 9.17) is 9.26 Å².